The van der Waals surface area contributed by atoms with Crippen LogP contribution >= 0.6 is 0 Å². The summed E-state index contributed by atoms with van der Waals surface area (Å²) < 4.78 is 5.24. The van der Waals surface area contributed by atoms with Gasteiger partial charge in [0.05, 0.1) is 12.2 Å². The number of nitrogens with zero attached hydrogens (tertiary/aromatic N) is 1. The summed E-state index contributed by atoms with van der Waals surface area (Å²) in [5.74, 6) is -6.65. The lowest BCUT2D eigenvalue weighted by Crippen LogP contribution is -2.61. The molecule has 1 unspecified atom stereocenters. The van der Waals surface area contributed by atoms with Gasteiger partial charge in [0.15, 0.2) is 5.60 Å². The van der Waals surface area contributed by atoms with E-state index < -0.39 is 58.0 Å². The van der Waals surface area contributed by atoms with Gasteiger partial charge >= 0.3 is 5.97 Å². The van der Waals surface area contributed by atoms with Crippen molar-refractivity contribution >= 4 is 29.2 Å². The maximum atomic E-state index is 13.9. The number of ketones is 2. The van der Waals surface area contributed by atoms with Gasteiger partial charge in [-0.3, -0.25) is 19.2 Å². The molecule has 0 heterocycles. The van der Waals surface area contributed by atoms with Crippen LogP contribution in [0, 0.1) is 22.7 Å². The van der Waals surface area contributed by atoms with Crippen LogP contribution in [0.4, 0.5) is 0 Å². The zero-order valence-electron chi connectivity index (χ0n) is 26.8. The van der Waals surface area contributed by atoms with Crippen LogP contribution in [-0.2, 0) is 43.3 Å². The zero-order chi connectivity index (χ0) is 34.4. The third-order valence-electron chi connectivity index (χ3n) is 9.63. The lowest BCUT2D eigenvalue weighted by molar-refractivity contribution is -0.157. The smallest absolute Gasteiger partial charge is 0.323 e. The standard InChI is InChI=1S/C35H39N3O9/c1-5-18-8-7-17(15-37-29(16(3)4)34(44)47-6-2)11-22(18)21-9-10-25(39)27-23(21)13-19-12-20-14-24(38-46)28(33(36)43)32(42)35(20,45)31(41)26(19)30(27)40/h7-11,16,19-20,29,37,39-40,45H,5-6,12-15H2,1-4H3,(H2,36,43)/t19-,20+,29?,35+/m1/s1. The highest BCUT2D eigenvalue weighted by atomic mass is 16.5. The Bertz CT molecular complexity index is 1760. The molecule has 3 aliphatic carbocycles. The summed E-state index contributed by atoms with van der Waals surface area (Å²) in [7, 11) is 0. The van der Waals surface area contributed by atoms with Crippen molar-refractivity contribution in [2.45, 2.75) is 71.6 Å². The third-order valence-corrected chi connectivity index (χ3v) is 9.63. The number of allylic oxidation sites excluding steroid dienone is 1. The van der Waals surface area contributed by atoms with Crippen molar-refractivity contribution in [3.05, 3.63) is 74.3 Å². The number of aromatic hydroxyl groups is 1. The average Bonchev–Trinajstić information content (AvgIpc) is 3.02. The summed E-state index contributed by atoms with van der Waals surface area (Å²) >= 11 is 0. The third kappa shape index (κ3) is 5.55. The number of primary amides is 1. The number of nitrogens with one attached hydrogen (secondary N) is 1. The van der Waals surface area contributed by atoms with Crippen LogP contribution in [0.1, 0.15) is 62.8 Å². The largest absolute Gasteiger partial charge is 0.507 e. The number of rotatable bonds is 10. The van der Waals surface area contributed by atoms with Crippen LogP contribution in [0.25, 0.3) is 16.9 Å². The molecule has 47 heavy (non-hydrogen) atoms. The summed E-state index contributed by atoms with van der Waals surface area (Å²) in [6, 6.07) is 8.59. The first-order chi connectivity index (χ1) is 22.3. The Hall–Kier alpha value is -4.68. The number of nitrogens with two attached hydrogens (primary N) is 1. The van der Waals surface area contributed by atoms with E-state index in [1.165, 1.54) is 6.07 Å². The fourth-order valence-corrected chi connectivity index (χ4v) is 7.30. The Labute approximate surface area is 271 Å². The van der Waals surface area contributed by atoms with Gasteiger partial charge in [0, 0.05) is 24.5 Å². The molecule has 4 atom stereocenters. The molecule has 1 amide bonds. The minimum absolute atomic E-state index is 0.0110. The molecule has 2 aromatic carbocycles. The average molecular weight is 646 g/mol. The maximum absolute atomic E-state index is 13.9. The second-order valence-electron chi connectivity index (χ2n) is 12.7. The van der Waals surface area contributed by atoms with E-state index in [1.807, 2.05) is 39.0 Å². The lowest BCUT2D eigenvalue weighted by Gasteiger charge is -2.45. The van der Waals surface area contributed by atoms with Gasteiger partial charge in [-0.25, -0.2) is 0 Å². The van der Waals surface area contributed by atoms with Gasteiger partial charge in [0.2, 0.25) is 11.6 Å². The minimum Gasteiger partial charge on any atom is -0.507 e. The number of ether oxygens (including phenoxy) is 1. The Balaban J connectivity index is 1.58. The van der Waals surface area contributed by atoms with E-state index in [0.717, 1.165) is 16.7 Å². The number of aliphatic hydroxyl groups is 2. The first-order valence-electron chi connectivity index (χ1n) is 15.8. The predicted octanol–water partition coefficient (Wildman–Crippen LogP) is 3.54. The molecule has 3 aliphatic rings. The number of amides is 1. The Kier molecular flexibility index (Phi) is 9.20. The lowest BCUT2D eigenvalue weighted by atomic mass is 9.58. The van der Waals surface area contributed by atoms with Crippen molar-refractivity contribution in [1.29, 1.82) is 0 Å². The maximum Gasteiger partial charge on any atom is 0.323 e. The molecular weight excluding hydrogens is 606 g/mol. The highest BCUT2D eigenvalue weighted by Crippen LogP contribution is 2.53. The first-order valence-corrected chi connectivity index (χ1v) is 15.8. The number of nitroso groups, excluding NO2 is 1. The van der Waals surface area contributed by atoms with Crippen molar-refractivity contribution in [3.8, 4) is 16.9 Å². The number of phenols is 1. The normalized spacial score (nSPS) is 22.9. The van der Waals surface area contributed by atoms with Gasteiger partial charge in [-0.05, 0) is 83.1 Å². The van der Waals surface area contributed by atoms with E-state index in [4.69, 9.17) is 10.5 Å². The van der Waals surface area contributed by atoms with Crippen molar-refractivity contribution in [2.75, 3.05) is 6.61 Å². The van der Waals surface area contributed by atoms with Gasteiger partial charge in [0.1, 0.15) is 28.8 Å². The Morgan fingerprint density at radius 2 is 1.81 bits per heavy atom. The highest BCUT2D eigenvalue weighted by molar-refractivity contribution is 6.32. The van der Waals surface area contributed by atoms with Crippen LogP contribution in [0.3, 0.4) is 0 Å². The molecule has 0 aliphatic heterocycles. The second-order valence-corrected chi connectivity index (χ2v) is 12.7. The van der Waals surface area contributed by atoms with Crippen LogP contribution in [0.15, 0.2) is 52.4 Å². The number of benzene rings is 2. The monoisotopic (exact) mass is 645 g/mol. The van der Waals surface area contributed by atoms with Crippen LogP contribution in [0.2, 0.25) is 0 Å². The molecule has 12 nitrogen and oxygen atoms in total. The van der Waals surface area contributed by atoms with Gasteiger partial charge < -0.3 is 31.1 Å². The highest BCUT2D eigenvalue weighted by Gasteiger charge is 2.61. The van der Waals surface area contributed by atoms with Crippen LogP contribution in [-0.4, -0.2) is 57.0 Å². The van der Waals surface area contributed by atoms with E-state index in [2.05, 4.69) is 10.5 Å². The van der Waals surface area contributed by atoms with Crippen LogP contribution < -0.4 is 11.1 Å². The number of fused-ring (bicyclic) bond motifs is 3. The van der Waals surface area contributed by atoms with E-state index in [-0.39, 0.29) is 54.6 Å². The zero-order valence-corrected chi connectivity index (χ0v) is 26.8. The van der Waals surface area contributed by atoms with Gasteiger partial charge in [-0.15, -0.1) is 4.91 Å². The number of esters is 1. The van der Waals surface area contributed by atoms with Gasteiger partial charge in [-0.2, -0.15) is 0 Å². The molecule has 5 rings (SSSR count). The van der Waals surface area contributed by atoms with E-state index >= 15 is 0 Å². The summed E-state index contributed by atoms with van der Waals surface area (Å²) in [5.41, 5.74) is 5.13. The predicted molar refractivity (Wildman–Crippen MR) is 171 cm³/mol. The van der Waals surface area contributed by atoms with Crippen molar-refractivity contribution < 1.29 is 39.2 Å². The Morgan fingerprint density at radius 1 is 1.09 bits per heavy atom. The fraction of sp³-hybridized carbons (Fsp3) is 0.429. The van der Waals surface area contributed by atoms with Gasteiger partial charge in [0.25, 0.3) is 5.91 Å². The molecule has 248 valence electrons. The van der Waals surface area contributed by atoms with Crippen LogP contribution in [0.5, 0.6) is 5.75 Å². The number of carbonyl (C=O) groups is 4. The first kappa shape index (κ1) is 33.7. The molecule has 1 saturated carbocycles. The van der Waals surface area contributed by atoms with E-state index in [0.29, 0.717) is 24.1 Å². The van der Waals surface area contributed by atoms with E-state index in [9.17, 15) is 39.4 Å². The molecule has 0 spiro atoms. The quantitative estimate of drug-likeness (QED) is 0.110. The molecule has 12 heteroatoms. The SMILES string of the molecule is CCOC(=O)C(NCc1ccc(CC)c(-c2ccc(O)c3c2C[C@H]2C[C@H]4CC(N=O)=C(C(N)=O)C(=O)[C@@]4(O)C(=O)C2=C3O)c1)C(C)C. The molecule has 6 N–H and O–H groups in total. The molecule has 0 aromatic heterocycles. The number of hydrogen-bond acceptors (Lipinski definition) is 11. The number of carbonyl (C=O) groups excluding carboxylic acids is 4. The summed E-state index contributed by atoms with van der Waals surface area (Å²) in [6.45, 7) is 8.27. The van der Waals surface area contributed by atoms with Crippen molar-refractivity contribution in [1.82, 2.24) is 5.32 Å². The topological polar surface area (TPSA) is 206 Å². The summed E-state index contributed by atoms with van der Waals surface area (Å²) in [6.07, 6.45) is 0.531. The van der Waals surface area contributed by atoms with Crippen molar-refractivity contribution in [3.63, 3.8) is 0 Å². The fourth-order valence-electron chi connectivity index (χ4n) is 7.30. The molecule has 0 radical (unpaired) electrons. The summed E-state index contributed by atoms with van der Waals surface area (Å²) in [5, 5.41) is 40.2. The van der Waals surface area contributed by atoms with Crippen molar-refractivity contribution in [2.24, 2.45) is 28.7 Å². The Morgan fingerprint density at radius 3 is 2.43 bits per heavy atom. The van der Waals surface area contributed by atoms with Gasteiger partial charge in [-0.1, -0.05) is 39.0 Å². The number of hydrogen-bond donors (Lipinski definition) is 5. The summed E-state index contributed by atoms with van der Waals surface area (Å²) in [4.78, 5) is 63.3. The molecule has 2 aromatic rings. The molecule has 1 fully saturated rings. The number of aliphatic hydroxyl groups excluding tert-OH is 1. The second kappa shape index (κ2) is 12.8. The van der Waals surface area contributed by atoms with E-state index in [1.54, 1.807) is 13.0 Å². The number of aryl methyl sites for hydroxylation is 1. The number of phenolic OH excluding ortho intramolecular Hbond substituents is 1. The molecular formula is C35H39N3O9. The molecule has 0 bridgehead atoms. The number of Topliss-reactive ketones (excluding diaryl/α,β-unsaturated/α-hetero) is 2. The molecule has 0 saturated heterocycles. The minimum atomic E-state index is -2.72.